The van der Waals surface area contributed by atoms with Gasteiger partial charge in [-0.25, -0.2) is 9.18 Å². The zero-order valence-electron chi connectivity index (χ0n) is 16.4. The number of benzene rings is 1. The number of carbonyl (C=O) groups is 3. The van der Waals surface area contributed by atoms with Crippen molar-refractivity contribution in [3.8, 4) is 5.75 Å². The number of hydrogen-bond acceptors (Lipinski definition) is 5. The molecule has 1 rings (SSSR count). The van der Waals surface area contributed by atoms with Crippen molar-refractivity contribution in [3.63, 3.8) is 0 Å². The minimum atomic E-state index is -1.33. The predicted molar refractivity (Wildman–Crippen MR) is 106 cm³/mol. The number of carboxylic acids is 1. The number of carbonyl (C=O) groups excluding carboxylic acids is 2. The van der Waals surface area contributed by atoms with Crippen molar-refractivity contribution >= 4 is 30.4 Å². The zero-order chi connectivity index (χ0) is 21.5. The van der Waals surface area contributed by atoms with Crippen molar-refractivity contribution < 1.29 is 28.6 Å². The fourth-order valence-corrected chi connectivity index (χ4v) is 2.25. The van der Waals surface area contributed by atoms with Crippen molar-refractivity contribution in [1.82, 2.24) is 10.6 Å². The van der Waals surface area contributed by atoms with Crippen LogP contribution in [0.4, 0.5) is 4.39 Å². The molecule has 0 aliphatic rings. The van der Waals surface area contributed by atoms with Crippen LogP contribution < -0.4 is 15.4 Å². The standard InChI is InChI=1S/C19H27FN2O5S/c1-11(2)15(28)16(23)22-19(3,4)18(26)21-14(17(24)25)8-9-27-13-7-5-6-12(20)10-13/h5-7,10-11,14-15,28H,8-9H2,1-4H3,(H,21,26)(H,22,23)(H,24,25)/t14-,15+/m0/s1. The van der Waals surface area contributed by atoms with E-state index in [9.17, 15) is 23.9 Å². The summed E-state index contributed by atoms with van der Waals surface area (Å²) in [6.07, 6.45) is -0.0389. The second kappa shape index (κ2) is 10.3. The normalized spacial score (nSPS) is 13.5. The Bertz CT molecular complexity index is 711. The summed E-state index contributed by atoms with van der Waals surface area (Å²) in [5, 5.41) is 13.7. The lowest BCUT2D eigenvalue weighted by molar-refractivity contribution is -0.143. The molecule has 0 aliphatic carbocycles. The van der Waals surface area contributed by atoms with Crippen LogP contribution in [0.1, 0.15) is 34.1 Å². The van der Waals surface area contributed by atoms with Crippen LogP contribution in [0.3, 0.4) is 0 Å². The third-order valence-electron chi connectivity index (χ3n) is 3.98. The molecule has 3 N–H and O–H groups in total. The van der Waals surface area contributed by atoms with Gasteiger partial charge in [0, 0.05) is 12.5 Å². The maximum Gasteiger partial charge on any atom is 0.326 e. The number of halogens is 1. The molecule has 1 aromatic rings. The molecule has 0 aliphatic heterocycles. The van der Waals surface area contributed by atoms with E-state index in [0.29, 0.717) is 0 Å². The van der Waals surface area contributed by atoms with E-state index >= 15 is 0 Å². The third kappa shape index (κ3) is 7.38. The third-order valence-corrected chi connectivity index (χ3v) is 4.81. The Morgan fingerprint density at radius 1 is 1.29 bits per heavy atom. The van der Waals surface area contributed by atoms with Gasteiger partial charge in [0.1, 0.15) is 23.1 Å². The van der Waals surface area contributed by atoms with Crippen LogP contribution in [0.2, 0.25) is 0 Å². The van der Waals surface area contributed by atoms with E-state index in [1.54, 1.807) is 6.07 Å². The van der Waals surface area contributed by atoms with Gasteiger partial charge in [0.15, 0.2) is 0 Å². The number of carboxylic acid groups (broad SMARTS) is 1. The molecule has 0 unspecified atom stereocenters. The van der Waals surface area contributed by atoms with Gasteiger partial charge in [-0.2, -0.15) is 12.6 Å². The molecule has 0 saturated heterocycles. The number of nitrogens with one attached hydrogen (secondary N) is 2. The van der Waals surface area contributed by atoms with Gasteiger partial charge in [-0.1, -0.05) is 19.9 Å². The van der Waals surface area contributed by atoms with Gasteiger partial charge < -0.3 is 20.5 Å². The van der Waals surface area contributed by atoms with Crippen LogP contribution in [0.15, 0.2) is 24.3 Å². The number of ether oxygens (including phenoxy) is 1. The minimum absolute atomic E-state index is 0.0334. The molecule has 7 nitrogen and oxygen atoms in total. The van der Waals surface area contributed by atoms with Crippen molar-refractivity contribution in [2.75, 3.05) is 6.61 Å². The maximum absolute atomic E-state index is 13.1. The van der Waals surface area contributed by atoms with Crippen LogP contribution in [0, 0.1) is 11.7 Å². The topological polar surface area (TPSA) is 105 Å². The lowest BCUT2D eigenvalue weighted by atomic mass is 10.0. The zero-order valence-corrected chi connectivity index (χ0v) is 17.3. The molecule has 0 heterocycles. The fourth-order valence-electron chi connectivity index (χ4n) is 2.19. The lowest BCUT2D eigenvalue weighted by Gasteiger charge is -2.29. The quantitative estimate of drug-likeness (QED) is 0.439. The first-order valence-corrected chi connectivity index (χ1v) is 9.38. The van der Waals surface area contributed by atoms with Crippen LogP contribution in [-0.4, -0.2) is 46.3 Å². The van der Waals surface area contributed by atoms with Crippen molar-refractivity contribution in [3.05, 3.63) is 30.1 Å². The highest BCUT2D eigenvalue weighted by Gasteiger charge is 2.34. The molecule has 156 valence electrons. The van der Waals surface area contributed by atoms with E-state index < -0.39 is 40.4 Å². The van der Waals surface area contributed by atoms with Crippen molar-refractivity contribution in [1.29, 1.82) is 0 Å². The molecule has 0 saturated carbocycles. The van der Waals surface area contributed by atoms with Crippen molar-refractivity contribution in [2.45, 2.75) is 50.9 Å². The average Bonchev–Trinajstić information content (AvgIpc) is 2.59. The Morgan fingerprint density at radius 3 is 2.46 bits per heavy atom. The summed E-state index contributed by atoms with van der Waals surface area (Å²) in [6, 6.07) is 4.22. The van der Waals surface area contributed by atoms with E-state index in [1.807, 2.05) is 13.8 Å². The molecule has 0 aromatic heterocycles. The van der Waals surface area contributed by atoms with E-state index in [-0.39, 0.29) is 24.7 Å². The number of amides is 2. The smallest absolute Gasteiger partial charge is 0.326 e. The summed E-state index contributed by atoms with van der Waals surface area (Å²) >= 11 is 4.21. The Morgan fingerprint density at radius 2 is 1.93 bits per heavy atom. The van der Waals surface area contributed by atoms with Crippen LogP contribution in [-0.2, 0) is 14.4 Å². The van der Waals surface area contributed by atoms with E-state index in [1.165, 1.54) is 32.0 Å². The van der Waals surface area contributed by atoms with Gasteiger partial charge in [0.05, 0.1) is 11.9 Å². The Labute approximate surface area is 169 Å². The van der Waals surface area contributed by atoms with Crippen LogP contribution in [0.25, 0.3) is 0 Å². The van der Waals surface area contributed by atoms with Crippen molar-refractivity contribution in [2.24, 2.45) is 5.92 Å². The summed E-state index contributed by atoms with van der Waals surface area (Å²) in [7, 11) is 0. The summed E-state index contributed by atoms with van der Waals surface area (Å²) < 4.78 is 18.4. The molecule has 0 fully saturated rings. The number of thiol groups is 1. The number of hydrogen-bond donors (Lipinski definition) is 4. The molecule has 9 heteroatoms. The highest BCUT2D eigenvalue weighted by Crippen LogP contribution is 2.14. The van der Waals surface area contributed by atoms with Gasteiger partial charge in [-0.05, 0) is 31.9 Å². The molecule has 0 radical (unpaired) electrons. The maximum atomic E-state index is 13.1. The first-order valence-electron chi connectivity index (χ1n) is 8.86. The molecule has 2 amide bonds. The van der Waals surface area contributed by atoms with Gasteiger partial charge in [0.25, 0.3) is 0 Å². The number of aliphatic carboxylic acids is 1. The SMILES string of the molecule is CC(C)[C@@H](S)C(=O)NC(C)(C)C(=O)N[C@@H](CCOc1cccc(F)c1)C(=O)O. The van der Waals surface area contributed by atoms with Gasteiger partial charge in [-0.3, -0.25) is 9.59 Å². The molecule has 0 bridgehead atoms. The first kappa shape index (κ1) is 23.7. The van der Waals surface area contributed by atoms with Crippen LogP contribution >= 0.6 is 12.6 Å². The minimum Gasteiger partial charge on any atom is -0.493 e. The van der Waals surface area contributed by atoms with Crippen LogP contribution in [0.5, 0.6) is 5.75 Å². The molecular formula is C19H27FN2O5S. The van der Waals surface area contributed by atoms with E-state index in [0.717, 1.165) is 0 Å². The second-order valence-electron chi connectivity index (χ2n) is 7.26. The number of rotatable bonds is 10. The largest absolute Gasteiger partial charge is 0.493 e. The van der Waals surface area contributed by atoms with E-state index in [4.69, 9.17) is 4.74 Å². The molecule has 28 heavy (non-hydrogen) atoms. The van der Waals surface area contributed by atoms with Gasteiger partial charge in [0.2, 0.25) is 11.8 Å². The Kier molecular flexibility index (Phi) is 8.74. The average molecular weight is 414 g/mol. The summed E-state index contributed by atoms with van der Waals surface area (Å²) in [5.74, 6) is -2.55. The fraction of sp³-hybridized carbons (Fsp3) is 0.526. The highest BCUT2D eigenvalue weighted by molar-refractivity contribution is 7.81. The Balaban J connectivity index is 2.65. The van der Waals surface area contributed by atoms with Gasteiger partial charge >= 0.3 is 5.97 Å². The molecule has 2 atom stereocenters. The molecule has 1 aromatic carbocycles. The molecular weight excluding hydrogens is 387 g/mol. The monoisotopic (exact) mass is 414 g/mol. The summed E-state index contributed by atoms with van der Waals surface area (Å²) in [6.45, 7) is 6.55. The summed E-state index contributed by atoms with van der Waals surface area (Å²) in [4.78, 5) is 36.1. The predicted octanol–water partition coefficient (Wildman–Crippen LogP) is 2.01. The van der Waals surface area contributed by atoms with E-state index in [2.05, 4.69) is 23.3 Å². The molecule has 0 spiro atoms. The first-order chi connectivity index (χ1) is 12.9. The highest BCUT2D eigenvalue weighted by atomic mass is 32.1. The summed E-state index contributed by atoms with van der Waals surface area (Å²) in [5.41, 5.74) is -1.33. The van der Waals surface area contributed by atoms with Gasteiger partial charge in [-0.15, -0.1) is 0 Å². The second-order valence-corrected chi connectivity index (χ2v) is 7.82. The Hall–Kier alpha value is -2.29. The lowest BCUT2D eigenvalue weighted by Crippen LogP contribution is -2.59.